The normalized spacial score (nSPS) is 11.2. The first kappa shape index (κ1) is 27.4. The molecule has 8 heteroatoms. The van der Waals surface area contributed by atoms with Gasteiger partial charge in [0.2, 0.25) is 5.91 Å². The number of hydrogen-bond donors (Lipinski definition) is 1. The van der Waals surface area contributed by atoms with Gasteiger partial charge in [0.1, 0.15) is 17.5 Å². The number of nitrogens with one attached hydrogen (secondary N) is 1. The van der Waals surface area contributed by atoms with Gasteiger partial charge in [0.25, 0.3) is 5.91 Å². The van der Waals surface area contributed by atoms with Crippen LogP contribution in [0.2, 0.25) is 0 Å². The molecule has 3 rings (SSSR count). The Morgan fingerprint density at radius 3 is 2.14 bits per heavy atom. The Bertz CT molecular complexity index is 1150. The number of amides is 2. The van der Waals surface area contributed by atoms with Gasteiger partial charge in [-0.15, -0.1) is 0 Å². The van der Waals surface area contributed by atoms with Crippen molar-refractivity contribution in [1.29, 1.82) is 0 Å². The van der Waals surface area contributed by atoms with E-state index in [1.165, 1.54) is 4.90 Å². The van der Waals surface area contributed by atoms with Crippen LogP contribution in [-0.2, 0) is 22.6 Å². The van der Waals surface area contributed by atoms with Crippen LogP contribution >= 0.6 is 0 Å². The number of ether oxygens (including phenoxy) is 4. The molecular weight excluding hydrogens is 472 g/mol. The van der Waals surface area contributed by atoms with Gasteiger partial charge in [-0.25, -0.2) is 0 Å². The molecule has 0 aliphatic heterocycles. The molecule has 0 saturated heterocycles. The number of para-hydroxylation sites is 1. The minimum Gasteiger partial charge on any atom is -0.497 e. The lowest BCUT2D eigenvalue weighted by Gasteiger charge is -2.29. The molecule has 1 atom stereocenters. The maximum atomic E-state index is 13.2. The van der Waals surface area contributed by atoms with Crippen molar-refractivity contribution in [2.24, 2.45) is 0 Å². The Balaban J connectivity index is 1.65. The molecule has 0 saturated carbocycles. The summed E-state index contributed by atoms with van der Waals surface area (Å²) in [7, 11) is 4.77. The molecule has 0 fully saturated rings. The molecule has 0 heterocycles. The highest BCUT2D eigenvalue weighted by Gasteiger charge is 2.26. The van der Waals surface area contributed by atoms with Crippen molar-refractivity contribution < 1.29 is 28.5 Å². The molecule has 0 spiro atoms. The summed E-state index contributed by atoms with van der Waals surface area (Å²) in [6, 6.07) is 21.4. The van der Waals surface area contributed by atoms with Crippen molar-refractivity contribution in [1.82, 2.24) is 10.2 Å². The van der Waals surface area contributed by atoms with E-state index in [-0.39, 0.29) is 25.0 Å². The van der Waals surface area contributed by atoms with Gasteiger partial charge in [0.15, 0.2) is 18.1 Å². The molecular formula is C29H34N2O6. The Kier molecular flexibility index (Phi) is 10.2. The smallest absolute Gasteiger partial charge is 0.261 e. The van der Waals surface area contributed by atoms with Crippen LogP contribution in [0.5, 0.6) is 23.0 Å². The van der Waals surface area contributed by atoms with Gasteiger partial charge in [0, 0.05) is 13.1 Å². The summed E-state index contributed by atoms with van der Waals surface area (Å²) >= 11 is 0. The number of nitrogens with zero attached hydrogens (tertiary/aromatic N) is 1. The van der Waals surface area contributed by atoms with E-state index in [4.69, 9.17) is 18.9 Å². The van der Waals surface area contributed by atoms with Gasteiger partial charge in [0.05, 0.1) is 21.3 Å². The number of methoxy groups -OCH3 is 3. The largest absolute Gasteiger partial charge is 0.497 e. The van der Waals surface area contributed by atoms with E-state index >= 15 is 0 Å². The van der Waals surface area contributed by atoms with Crippen molar-refractivity contribution in [3.05, 3.63) is 83.9 Å². The SMILES string of the molecule is COc1ccc(CN(C(=O)COc2ccccc2)C(C)C(=O)NCCc2ccc(OC)c(OC)c2)cc1. The van der Waals surface area contributed by atoms with E-state index in [2.05, 4.69) is 5.32 Å². The molecule has 0 aromatic heterocycles. The Morgan fingerprint density at radius 2 is 1.49 bits per heavy atom. The van der Waals surface area contributed by atoms with Crippen LogP contribution < -0.4 is 24.3 Å². The van der Waals surface area contributed by atoms with Gasteiger partial charge in [-0.3, -0.25) is 9.59 Å². The molecule has 0 aliphatic rings. The second-order valence-electron chi connectivity index (χ2n) is 8.38. The van der Waals surface area contributed by atoms with E-state index < -0.39 is 6.04 Å². The number of carbonyl (C=O) groups excluding carboxylic acids is 2. The fourth-order valence-corrected chi connectivity index (χ4v) is 3.77. The van der Waals surface area contributed by atoms with E-state index in [0.29, 0.717) is 30.2 Å². The first-order valence-corrected chi connectivity index (χ1v) is 12.0. The standard InChI is InChI=1S/C29H34N2O6/c1-21(29(33)30-17-16-22-12-15-26(35-3)27(18-22)36-4)31(19-23-10-13-24(34-2)14-11-23)28(32)20-37-25-8-6-5-7-9-25/h5-15,18,21H,16-17,19-20H2,1-4H3,(H,30,33). The monoisotopic (exact) mass is 506 g/mol. The van der Waals surface area contributed by atoms with E-state index in [1.54, 1.807) is 40.4 Å². The molecule has 8 nitrogen and oxygen atoms in total. The maximum Gasteiger partial charge on any atom is 0.261 e. The molecule has 0 aliphatic carbocycles. The number of rotatable bonds is 13. The minimum atomic E-state index is -0.709. The summed E-state index contributed by atoms with van der Waals surface area (Å²) < 4.78 is 21.5. The fourth-order valence-electron chi connectivity index (χ4n) is 3.77. The van der Waals surface area contributed by atoms with Crippen LogP contribution in [0.15, 0.2) is 72.8 Å². The lowest BCUT2D eigenvalue weighted by molar-refractivity contribution is -0.142. The average molecular weight is 507 g/mol. The molecule has 0 radical (unpaired) electrons. The number of hydrogen-bond acceptors (Lipinski definition) is 6. The van der Waals surface area contributed by atoms with Crippen molar-refractivity contribution >= 4 is 11.8 Å². The Hall–Kier alpha value is -4.20. The first-order chi connectivity index (χ1) is 17.9. The molecule has 3 aromatic carbocycles. The van der Waals surface area contributed by atoms with Crippen molar-refractivity contribution in [2.75, 3.05) is 34.5 Å². The number of benzene rings is 3. The van der Waals surface area contributed by atoms with Gasteiger partial charge in [-0.2, -0.15) is 0 Å². The second-order valence-corrected chi connectivity index (χ2v) is 8.38. The lowest BCUT2D eigenvalue weighted by Crippen LogP contribution is -2.49. The molecule has 2 amide bonds. The van der Waals surface area contributed by atoms with E-state index in [1.807, 2.05) is 60.7 Å². The van der Waals surface area contributed by atoms with Crippen molar-refractivity contribution in [2.45, 2.75) is 25.9 Å². The quantitative estimate of drug-likeness (QED) is 0.379. The first-order valence-electron chi connectivity index (χ1n) is 12.0. The third kappa shape index (κ3) is 7.90. The van der Waals surface area contributed by atoms with Gasteiger partial charge >= 0.3 is 0 Å². The van der Waals surface area contributed by atoms with Crippen LogP contribution in [0.3, 0.4) is 0 Å². The second kappa shape index (κ2) is 13.8. The zero-order chi connectivity index (χ0) is 26.6. The number of carbonyl (C=O) groups is 2. The summed E-state index contributed by atoms with van der Waals surface area (Å²) in [4.78, 5) is 27.8. The van der Waals surface area contributed by atoms with Crippen LogP contribution in [0.25, 0.3) is 0 Å². The summed E-state index contributed by atoms with van der Waals surface area (Å²) in [6.45, 7) is 2.20. The van der Waals surface area contributed by atoms with E-state index in [9.17, 15) is 9.59 Å². The molecule has 3 aromatic rings. The molecule has 1 unspecified atom stereocenters. The van der Waals surface area contributed by atoms with Crippen molar-refractivity contribution in [3.63, 3.8) is 0 Å². The predicted octanol–water partition coefficient (Wildman–Crippen LogP) is 3.87. The summed E-state index contributed by atoms with van der Waals surface area (Å²) in [5.74, 6) is 2.05. The minimum absolute atomic E-state index is 0.177. The summed E-state index contributed by atoms with van der Waals surface area (Å²) in [6.07, 6.45) is 0.600. The molecule has 1 N–H and O–H groups in total. The maximum absolute atomic E-state index is 13.2. The Morgan fingerprint density at radius 1 is 0.811 bits per heavy atom. The molecule has 0 bridgehead atoms. The highest BCUT2D eigenvalue weighted by atomic mass is 16.5. The average Bonchev–Trinajstić information content (AvgIpc) is 2.94. The van der Waals surface area contributed by atoms with E-state index in [0.717, 1.165) is 16.9 Å². The van der Waals surface area contributed by atoms with Crippen molar-refractivity contribution in [3.8, 4) is 23.0 Å². The zero-order valence-electron chi connectivity index (χ0n) is 21.7. The summed E-state index contributed by atoms with van der Waals surface area (Å²) in [5.41, 5.74) is 1.87. The molecule has 196 valence electrons. The molecule has 37 heavy (non-hydrogen) atoms. The van der Waals surface area contributed by atoms with Crippen LogP contribution in [-0.4, -0.2) is 57.2 Å². The van der Waals surface area contributed by atoms with Crippen LogP contribution in [0.1, 0.15) is 18.1 Å². The summed E-state index contributed by atoms with van der Waals surface area (Å²) in [5, 5.41) is 2.94. The van der Waals surface area contributed by atoms with Gasteiger partial charge in [-0.1, -0.05) is 36.4 Å². The van der Waals surface area contributed by atoms with Gasteiger partial charge in [-0.05, 0) is 60.9 Å². The predicted molar refractivity (Wildman–Crippen MR) is 141 cm³/mol. The fraction of sp³-hybridized carbons (Fsp3) is 0.310. The van der Waals surface area contributed by atoms with Crippen LogP contribution in [0.4, 0.5) is 0 Å². The third-order valence-electron chi connectivity index (χ3n) is 5.95. The Labute approximate surface area is 218 Å². The lowest BCUT2D eigenvalue weighted by atomic mass is 10.1. The highest BCUT2D eigenvalue weighted by Crippen LogP contribution is 2.27. The van der Waals surface area contributed by atoms with Gasteiger partial charge < -0.3 is 29.2 Å². The highest BCUT2D eigenvalue weighted by molar-refractivity contribution is 5.88. The topological polar surface area (TPSA) is 86.3 Å². The zero-order valence-corrected chi connectivity index (χ0v) is 21.7. The third-order valence-corrected chi connectivity index (χ3v) is 5.95. The van der Waals surface area contributed by atoms with Crippen LogP contribution in [0, 0.1) is 0 Å².